The summed E-state index contributed by atoms with van der Waals surface area (Å²) in [5.41, 5.74) is 0.954. The maximum absolute atomic E-state index is 5.71. The zero-order valence-corrected chi connectivity index (χ0v) is 10.1. The standard InChI is InChI=1S/C10H12ClN3S/c1-2-9-12-3-4-14(9)6-10-13-8(5-11)7-15-10/h3-4,7H,2,5-6H2,1H3. The Hall–Kier alpha value is -0.870. The smallest absolute Gasteiger partial charge is 0.113 e. The van der Waals surface area contributed by atoms with Gasteiger partial charge in [-0.25, -0.2) is 9.97 Å². The van der Waals surface area contributed by atoms with Crippen LogP contribution in [0.5, 0.6) is 0 Å². The monoisotopic (exact) mass is 241 g/mol. The molecule has 2 heterocycles. The van der Waals surface area contributed by atoms with Crippen molar-refractivity contribution in [3.8, 4) is 0 Å². The minimum atomic E-state index is 0.487. The molecular weight excluding hydrogens is 230 g/mol. The highest BCUT2D eigenvalue weighted by Gasteiger charge is 2.04. The topological polar surface area (TPSA) is 30.7 Å². The van der Waals surface area contributed by atoms with Crippen LogP contribution in [0, 0.1) is 0 Å². The van der Waals surface area contributed by atoms with Gasteiger partial charge in [0.05, 0.1) is 18.1 Å². The van der Waals surface area contributed by atoms with E-state index in [-0.39, 0.29) is 0 Å². The summed E-state index contributed by atoms with van der Waals surface area (Å²) in [7, 11) is 0. The Morgan fingerprint density at radius 3 is 3.07 bits per heavy atom. The Balaban J connectivity index is 2.14. The fourth-order valence-electron chi connectivity index (χ4n) is 1.43. The van der Waals surface area contributed by atoms with Gasteiger partial charge in [0.1, 0.15) is 10.8 Å². The quantitative estimate of drug-likeness (QED) is 0.771. The molecular formula is C10H12ClN3S. The van der Waals surface area contributed by atoms with Crippen molar-refractivity contribution in [1.82, 2.24) is 14.5 Å². The summed E-state index contributed by atoms with van der Waals surface area (Å²) in [6.45, 7) is 2.90. The average Bonchev–Trinajstić information content (AvgIpc) is 2.87. The summed E-state index contributed by atoms with van der Waals surface area (Å²) in [6.07, 6.45) is 4.76. The van der Waals surface area contributed by atoms with Crippen LogP contribution in [0.3, 0.4) is 0 Å². The number of imidazole rings is 1. The molecule has 0 aliphatic carbocycles. The van der Waals surface area contributed by atoms with Crippen LogP contribution >= 0.6 is 22.9 Å². The SMILES string of the molecule is CCc1nccn1Cc1nc(CCl)cs1. The van der Waals surface area contributed by atoms with E-state index < -0.39 is 0 Å². The van der Waals surface area contributed by atoms with E-state index >= 15 is 0 Å². The lowest BCUT2D eigenvalue weighted by molar-refractivity contribution is 0.726. The fourth-order valence-corrected chi connectivity index (χ4v) is 2.45. The number of halogens is 1. The molecule has 2 aromatic rings. The first-order valence-corrected chi connectivity index (χ1v) is 6.24. The summed E-state index contributed by atoms with van der Waals surface area (Å²) in [4.78, 5) is 8.69. The van der Waals surface area contributed by atoms with E-state index in [0.29, 0.717) is 5.88 Å². The normalized spacial score (nSPS) is 10.8. The van der Waals surface area contributed by atoms with Gasteiger partial charge in [0.2, 0.25) is 0 Å². The van der Waals surface area contributed by atoms with E-state index in [9.17, 15) is 0 Å². The first kappa shape index (κ1) is 10.6. The van der Waals surface area contributed by atoms with Crippen LogP contribution in [-0.2, 0) is 18.8 Å². The molecule has 0 N–H and O–H groups in total. The lowest BCUT2D eigenvalue weighted by atomic mass is 10.4. The molecule has 15 heavy (non-hydrogen) atoms. The molecule has 5 heteroatoms. The van der Waals surface area contributed by atoms with Crippen molar-refractivity contribution in [2.45, 2.75) is 25.8 Å². The molecule has 80 valence electrons. The third-order valence-corrected chi connectivity index (χ3v) is 3.32. The Morgan fingerprint density at radius 2 is 2.40 bits per heavy atom. The molecule has 3 nitrogen and oxygen atoms in total. The average molecular weight is 242 g/mol. The number of aryl methyl sites for hydroxylation is 1. The summed E-state index contributed by atoms with van der Waals surface area (Å²) < 4.78 is 2.12. The van der Waals surface area contributed by atoms with Gasteiger partial charge in [-0.1, -0.05) is 6.92 Å². The van der Waals surface area contributed by atoms with Crippen LogP contribution in [0.1, 0.15) is 23.4 Å². The first-order chi connectivity index (χ1) is 7.33. The summed E-state index contributed by atoms with van der Waals surface area (Å²) in [5.74, 6) is 1.58. The van der Waals surface area contributed by atoms with Crippen molar-refractivity contribution in [1.29, 1.82) is 0 Å². The lowest BCUT2D eigenvalue weighted by Gasteiger charge is -2.02. The number of aromatic nitrogens is 3. The van der Waals surface area contributed by atoms with E-state index in [1.807, 2.05) is 17.8 Å². The summed E-state index contributed by atoms with van der Waals surface area (Å²) in [6, 6.07) is 0. The van der Waals surface area contributed by atoms with Gasteiger partial charge in [-0.2, -0.15) is 0 Å². The van der Waals surface area contributed by atoms with Crippen LogP contribution in [0.15, 0.2) is 17.8 Å². The molecule has 0 saturated carbocycles. The van der Waals surface area contributed by atoms with Gasteiger partial charge < -0.3 is 4.57 Å². The number of hydrogen-bond acceptors (Lipinski definition) is 3. The molecule has 0 aliphatic heterocycles. The third-order valence-electron chi connectivity index (χ3n) is 2.16. The van der Waals surface area contributed by atoms with E-state index in [4.69, 9.17) is 11.6 Å². The van der Waals surface area contributed by atoms with Crippen molar-refractivity contribution in [2.24, 2.45) is 0 Å². The molecule has 0 bridgehead atoms. The van der Waals surface area contributed by atoms with E-state index in [1.54, 1.807) is 11.3 Å². The van der Waals surface area contributed by atoms with Crippen LogP contribution in [-0.4, -0.2) is 14.5 Å². The van der Waals surface area contributed by atoms with Gasteiger partial charge in [-0.05, 0) is 0 Å². The summed E-state index contributed by atoms with van der Waals surface area (Å²) >= 11 is 7.35. The van der Waals surface area contributed by atoms with Crippen LogP contribution in [0.2, 0.25) is 0 Å². The van der Waals surface area contributed by atoms with Gasteiger partial charge in [0.15, 0.2) is 0 Å². The predicted molar refractivity (Wildman–Crippen MR) is 62.4 cm³/mol. The lowest BCUT2D eigenvalue weighted by Crippen LogP contribution is -2.03. The molecule has 2 rings (SSSR count). The second-order valence-electron chi connectivity index (χ2n) is 3.19. The number of thiazole rings is 1. The largest absolute Gasteiger partial charge is 0.328 e. The van der Waals surface area contributed by atoms with Crippen molar-refractivity contribution < 1.29 is 0 Å². The van der Waals surface area contributed by atoms with Crippen molar-refractivity contribution in [3.05, 3.63) is 34.3 Å². The second kappa shape index (κ2) is 4.77. The molecule has 0 aliphatic rings. The van der Waals surface area contributed by atoms with Gasteiger partial charge in [-0.3, -0.25) is 0 Å². The van der Waals surface area contributed by atoms with Gasteiger partial charge in [0.25, 0.3) is 0 Å². The Kier molecular flexibility index (Phi) is 3.38. The molecule has 0 saturated heterocycles. The zero-order valence-electron chi connectivity index (χ0n) is 8.48. The van der Waals surface area contributed by atoms with E-state index in [1.165, 1.54) is 0 Å². The highest BCUT2D eigenvalue weighted by atomic mass is 35.5. The molecule has 0 fully saturated rings. The minimum absolute atomic E-state index is 0.487. The number of alkyl halides is 1. The molecule has 0 spiro atoms. The Labute approximate surface area is 97.8 Å². The molecule has 0 amide bonds. The maximum Gasteiger partial charge on any atom is 0.113 e. The van der Waals surface area contributed by atoms with Gasteiger partial charge >= 0.3 is 0 Å². The van der Waals surface area contributed by atoms with Gasteiger partial charge in [0, 0.05) is 24.2 Å². The van der Waals surface area contributed by atoms with Crippen molar-refractivity contribution in [2.75, 3.05) is 0 Å². The highest BCUT2D eigenvalue weighted by molar-refractivity contribution is 7.09. The van der Waals surface area contributed by atoms with Gasteiger partial charge in [-0.15, -0.1) is 22.9 Å². The predicted octanol–water partition coefficient (Wildman–Crippen LogP) is 2.69. The molecule has 0 aromatic carbocycles. The van der Waals surface area contributed by atoms with Crippen LogP contribution in [0.25, 0.3) is 0 Å². The van der Waals surface area contributed by atoms with E-state index in [2.05, 4.69) is 21.5 Å². The molecule has 0 radical (unpaired) electrons. The summed E-state index contributed by atoms with van der Waals surface area (Å²) in [5, 5.41) is 3.09. The first-order valence-electron chi connectivity index (χ1n) is 4.82. The van der Waals surface area contributed by atoms with Crippen molar-refractivity contribution >= 4 is 22.9 Å². The third kappa shape index (κ3) is 2.38. The zero-order chi connectivity index (χ0) is 10.7. The number of nitrogens with zero attached hydrogens (tertiary/aromatic N) is 3. The minimum Gasteiger partial charge on any atom is -0.328 e. The fraction of sp³-hybridized carbons (Fsp3) is 0.400. The van der Waals surface area contributed by atoms with Crippen molar-refractivity contribution in [3.63, 3.8) is 0 Å². The van der Waals surface area contributed by atoms with Crippen LogP contribution in [0.4, 0.5) is 0 Å². The highest BCUT2D eigenvalue weighted by Crippen LogP contribution is 2.13. The van der Waals surface area contributed by atoms with Crippen LogP contribution < -0.4 is 0 Å². The Morgan fingerprint density at radius 1 is 1.53 bits per heavy atom. The number of rotatable bonds is 4. The second-order valence-corrected chi connectivity index (χ2v) is 4.40. The number of hydrogen-bond donors (Lipinski definition) is 0. The Bertz CT molecular complexity index is 435. The van der Waals surface area contributed by atoms with E-state index in [0.717, 1.165) is 29.5 Å². The molecule has 0 atom stereocenters. The maximum atomic E-state index is 5.71. The molecule has 0 unspecified atom stereocenters. The molecule has 2 aromatic heterocycles.